The number of benzene rings is 1. The Balaban J connectivity index is 2.40. The largest absolute Gasteiger partial charge is 0.337 e. The van der Waals surface area contributed by atoms with Gasteiger partial charge in [-0.25, -0.2) is 4.79 Å². The zero-order valence-electron chi connectivity index (χ0n) is 9.45. The number of urea groups is 1. The molecular weight excluding hydrogens is 202 g/mol. The molecule has 0 bridgehead atoms. The third kappa shape index (κ3) is 4.01. The lowest BCUT2D eigenvalue weighted by molar-refractivity contribution is 0.251. The second kappa shape index (κ2) is 5.76. The first-order chi connectivity index (χ1) is 7.61. The van der Waals surface area contributed by atoms with Crippen molar-refractivity contribution in [1.82, 2.24) is 5.32 Å². The van der Waals surface area contributed by atoms with E-state index in [0.717, 1.165) is 11.3 Å². The van der Waals surface area contributed by atoms with Crippen LogP contribution in [0.5, 0.6) is 0 Å². The van der Waals surface area contributed by atoms with Crippen LogP contribution in [0.3, 0.4) is 0 Å². The molecule has 16 heavy (non-hydrogen) atoms. The van der Waals surface area contributed by atoms with E-state index in [1.807, 2.05) is 37.3 Å². The van der Waals surface area contributed by atoms with Crippen molar-refractivity contribution in [3.63, 3.8) is 0 Å². The molecule has 84 valence electrons. The van der Waals surface area contributed by atoms with Crippen LogP contribution >= 0.6 is 0 Å². The molecule has 4 nitrogen and oxygen atoms in total. The highest BCUT2D eigenvalue weighted by molar-refractivity contribution is 5.89. The van der Waals surface area contributed by atoms with Crippen LogP contribution in [-0.4, -0.2) is 12.6 Å². The van der Waals surface area contributed by atoms with Gasteiger partial charge in [0.2, 0.25) is 0 Å². The summed E-state index contributed by atoms with van der Waals surface area (Å²) in [5.41, 5.74) is 1.89. The minimum atomic E-state index is -0.286. The first kappa shape index (κ1) is 12.1. The van der Waals surface area contributed by atoms with Crippen LogP contribution < -0.4 is 10.6 Å². The zero-order valence-corrected chi connectivity index (χ0v) is 9.45. The predicted octanol–water partition coefficient (Wildman–Crippen LogP) is 2.28. The van der Waals surface area contributed by atoms with E-state index < -0.39 is 0 Å². The third-order valence-electron chi connectivity index (χ3n) is 2.10. The molecule has 4 heteroatoms. The van der Waals surface area contributed by atoms with Crippen LogP contribution in [0, 0.1) is 24.2 Å². The van der Waals surface area contributed by atoms with Gasteiger partial charge in [-0.05, 0) is 26.0 Å². The molecule has 1 unspecified atom stereocenters. The summed E-state index contributed by atoms with van der Waals surface area (Å²) in [6.07, 6.45) is 0. The second-order valence-corrected chi connectivity index (χ2v) is 3.73. The number of anilines is 1. The molecule has 1 atom stereocenters. The molecular formula is C12H15N3O. The maximum Gasteiger partial charge on any atom is 0.319 e. The summed E-state index contributed by atoms with van der Waals surface area (Å²) in [6.45, 7) is 4.10. The number of rotatable bonds is 3. The number of hydrogen-bond acceptors (Lipinski definition) is 2. The molecule has 0 spiro atoms. The fourth-order valence-corrected chi connectivity index (χ4v) is 1.10. The van der Waals surface area contributed by atoms with Gasteiger partial charge < -0.3 is 10.6 Å². The molecule has 0 aliphatic carbocycles. The summed E-state index contributed by atoms with van der Waals surface area (Å²) in [4.78, 5) is 11.4. The fraction of sp³-hybridized carbons (Fsp3) is 0.333. The molecule has 0 aliphatic heterocycles. The lowest BCUT2D eigenvalue weighted by Gasteiger charge is -2.08. The zero-order chi connectivity index (χ0) is 12.0. The van der Waals surface area contributed by atoms with Gasteiger partial charge in [0.25, 0.3) is 0 Å². The fourth-order valence-electron chi connectivity index (χ4n) is 1.10. The van der Waals surface area contributed by atoms with E-state index in [1.54, 1.807) is 6.92 Å². The molecule has 0 heterocycles. The molecule has 1 rings (SSSR count). The van der Waals surface area contributed by atoms with E-state index in [9.17, 15) is 4.79 Å². The first-order valence-electron chi connectivity index (χ1n) is 5.13. The maximum atomic E-state index is 11.4. The Hall–Kier alpha value is -2.02. The summed E-state index contributed by atoms with van der Waals surface area (Å²) < 4.78 is 0. The van der Waals surface area contributed by atoms with E-state index in [0.29, 0.717) is 6.54 Å². The predicted molar refractivity (Wildman–Crippen MR) is 63.0 cm³/mol. The molecule has 0 saturated carbocycles. The first-order valence-corrected chi connectivity index (χ1v) is 5.13. The van der Waals surface area contributed by atoms with Gasteiger partial charge in [0.15, 0.2) is 0 Å². The highest BCUT2D eigenvalue weighted by Gasteiger charge is 2.03. The Labute approximate surface area is 95.3 Å². The van der Waals surface area contributed by atoms with Crippen molar-refractivity contribution in [2.24, 2.45) is 5.92 Å². The number of carbonyl (C=O) groups is 1. The lowest BCUT2D eigenvalue weighted by atomic mass is 10.2. The molecule has 0 aliphatic rings. The number of nitrogens with zero attached hydrogens (tertiary/aromatic N) is 1. The molecule has 1 aromatic rings. The van der Waals surface area contributed by atoms with Crippen molar-refractivity contribution < 1.29 is 4.79 Å². The van der Waals surface area contributed by atoms with Gasteiger partial charge in [0, 0.05) is 12.2 Å². The Morgan fingerprint density at radius 2 is 2.06 bits per heavy atom. The summed E-state index contributed by atoms with van der Waals surface area (Å²) in [6, 6.07) is 9.28. The molecule has 0 saturated heterocycles. The summed E-state index contributed by atoms with van der Waals surface area (Å²) in [5.74, 6) is -0.177. The quantitative estimate of drug-likeness (QED) is 0.815. The van der Waals surface area contributed by atoms with Crippen molar-refractivity contribution in [1.29, 1.82) is 5.26 Å². The Morgan fingerprint density at radius 1 is 1.44 bits per heavy atom. The number of nitriles is 1. The van der Waals surface area contributed by atoms with E-state index >= 15 is 0 Å². The van der Waals surface area contributed by atoms with Gasteiger partial charge in [0.1, 0.15) is 0 Å². The monoisotopic (exact) mass is 217 g/mol. The van der Waals surface area contributed by atoms with Crippen LogP contribution in [0.4, 0.5) is 10.5 Å². The summed E-state index contributed by atoms with van der Waals surface area (Å²) in [5, 5.41) is 13.9. The minimum Gasteiger partial charge on any atom is -0.337 e. The van der Waals surface area contributed by atoms with Gasteiger partial charge in [-0.15, -0.1) is 0 Å². The minimum absolute atomic E-state index is 0.177. The average Bonchev–Trinajstić information content (AvgIpc) is 2.29. The Morgan fingerprint density at radius 3 is 2.62 bits per heavy atom. The molecule has 0 radical (unpaired) electrons. The van der Waals surface area contributed by atoms with Gasteiger partial charge >= 0.3 is 6.03 Å². The third-order valence-corrected chi connectivity index (χ3v) is 2.10. The van der Waals surface area contributed by atoms with E-state index in [1.165, 1.54) is 0 Å². The standard InChI is InChI=1S/C12H15N3O/c1-9-3-5-11(6-4-9)15-12(16)14-8-10(2)7-13/h3-6,10H,8H2,1-2H3,(H2,14,15,16). The summed E-state index contributed by atoms with van der Waals surface area (Å²) >= 11 is 0. The number of nitrogens with one attached hydrogen (secondary N) is 2. The molecule has 0 fully saturated rings. The van der Waals surface area contributed by atoms with Crippen LogP contribution in [0.15, 0.2) is 24.3 Å². The SMILES string of the molecule is Cc1ccc(NC(=O)NCC(C)C#N)cc1. The highest BCUT2D eigenvalue weighted by atomic mass is 16.2. The molecule has 1 aromatic carbocycles. The molecule has 2 N–H and O–H groups in total. The number of carbonyl (C=O) groups excluding carboxylic acids is 1. The van der Waals surface area contributed by atoms with Crippen molar-refractivity contribution >= 4 is 11.7 Å². The number of amides is 2. The van der Waals surface area contributed by atoms with Crippen molar-refractivity contribution in [3.05, 3.63) is 29.8 Å². The van der Waals surface area contributed by atoms with E-state index in [4.69, 9.17) is 5.26 Å². The van der Waals surface area contributed by atoms with Crippen molar-refractivity contribution in [2.45, 2.75) is 13.8 Å². The normalized spacial score (nSPS) is 11.3. The van der Waals surface area contributed by atoms with Gasteiger partial charge in [-0.1, -0.05) is 17.7 Å². The van der Waals surface area contributed by atoms with Crippen LogP contribution in [0.25, 0.3) is 0 Å². The number of hydrogen-bond donors (Lipinski definition) is 2. The van der Waals surface area contributed by atoms with Gasteiger partial charge in [-0.3, -0.25) is 0 Å². The molecule has 0 aromatic heterocycles. The van der Waals surface area contributed by atoms with Crippen LogP contribution in [0.1, 0.15) is 12.5 Å². The highest BCUT2D eigenvalue weighted by Crippen LogP contribution is 2.07. The smallest absolute Gasteiger partial charge is 0.319 e. The van der Waals surface area contributed by atoms with E-state index in [2.05, 4.69) is 10.6 Å². The van der Waals surface area contributed by atoms with Crippen LogP contribution in [-0.2, 0) is 0 Å². The van der Waals surface area contributed by atoms with Crippen molar-refractivity contribution in [2.75, 3.05) is 11.9 Å². The van der Waals surface area contributed by atoms with Gasteiger partial charge in [-0.2, -0.15) is 5.26 Å². The average molecular weight is 217 g/mol. The summed E-state index contributed by atoms with van der Waals surface area (Å²) in [7, 11) is 0. The van der Waals surface area contributed by atoms with Crippen molar-refractivity contribution in [3.8, 4) is 6.07 Å². The van der Waals surface area contributed by atoms with E-state index in [-0.39, 0.29) is 11.9 Å². The number of aryl methyl sites for hydroxylation is 1. The van der Waals surface area contributed by atoms with Crippen LogP contribution in [0.2, 0.25) is 0 Å². The maximum absolute atomic E-state index is 11.4. The Bertz CT molecular complexity index is 392. The molecule has 2 amide bonds. The van der Waals surface area contributed by atoms with Gasteiger partial charge in [0.05, 0.1) is 12.0 Å². The lowest BCUT2D eigenvalue weighted by Crippen LogP contribution is -2.31. The second-order valence-electron chi connectivity index (χ2n) is 3.73. The topological polar surface area (TPSA) is 64.9 Å². The Kier molecular flexibility index (Phi) is 4.34.